The third-order valence-electron chi connectivity index (χ3n) is 2.05. The number of para-hydroxylation sites is 1. The quantitative estimate of drug-likeness (QED) is 0.564. The average molecular weight is 263 g/mol. The predicted octanol–water partition coefficient (Wildman–Crippen LogP) is 2.91. The Balaban J connectivity index is 2.42. The van der Waals surface area contributed by atoms with Crippen molar-refractivity contribution in [1.82, 2.24) is 10.7 Å². The second-order valence-corrected chi connectivity index (χ2v) is 4.94. The number of carbonyl (C=O) groups excluding carboxylic acids is 1. The van der Waals surface area contributed by atoms with Crippen LogP contribution < -0.4 is 16.2 Å². The molecule has 6 heteroatoms. The molecule has 0 aliphatic carbocycles. The Kier molecular flexibility index (Phi) is 5.29. The van der Waals surface area contributed by atoms with Gasteiger partial charge in [-0.2, -0.15) is 10.2 Å². The number of hydrogen-bond acceptors (Lipinski definition) is 4. The molecule has 0 saturated carbocycles. The molecule has 19 heavy (non-hydrogen) atoms. The second-order valence-electron chi connectivity index (χ2n) is 4.94. The molecule has 0 aliphatic heterocycles. The minimum Gasteiger partial charge on any atom is -0.311 e. The highest BCUT2D eigenvalue weighted by Crippen LogP contribution is 2.06. The summed E-state index contributed by atoms with van der Waals surface area (Å²) in [6.45, 7) is 7.41. The zero-order valence-electron chi connectivity index (χ0n) is 11.8. The van der Waals surface area contributed by atoms with Crippen molar-refractivity contribution in [3.8, 4) is 0 Å². The van der Waals surface area contributed by atoms with Gasteiger partial charge in [-0.05, 0) is 39.8 Å². The van der Waals surface area contributed by atoms with Crippen molar-refractivity contribution in [1.29, 1.82) is 0 Å². The molecule has 1 rings (SSSR count). The van der Waals surface area contributed by atoms with Gasteiger partial charge in [-0.3, -0.25) is 10.9 Å². The van der Waals surface area contributed by atoms with Crippen molar-refractivity contribution in [2.24, 2.45) is 10.2 Å². The minimum absolute atomic E-state index is 0.103. The molecule has 2 amide bonds. The lowest BCUT2D eigenvalue weighted by Gasteiger charge is -2.21. The third-order valence-corrected chi connectivity index (χ3v) is 2.05. The number of nitrogens with zero attached hydrogens (tertiary/aromatic N) is 2. The monoisotopic (exact) mass is 263 g/mol. The fourth-order valence-corrected chi connectivity index (χ4v) is 1.24. The van der Waals surface area contributed by atoms with E-state index >= 15 is 0 Å². The van der Waals surface area contributed by atoms with Crippen molar-refractivity contribution < 1.29 is 4.79 Å². The van der Waals surface area contributed by atoms with Crippen molar-refractivity contribution in [2.75, 3.05) is 5.43 Å². The molecule has 0 saturated heterocycles. The largest absolute Gasteiger partial charge is 0.335 e. The Hall–Kier alpha value is -2.11. The maximum absolute atomic E-state index is 11.7. The van der Waals surface area contributed by atoms with Crippen LogP contribution in [0.15, 0.2) is 40.6 Å². The summed E-state index contributed by atoms with van der Waals surface area (Å²) >= 11 is 0. The van der Waals surface area contributed by atoms with Gasteiger partial charge < -0.3 is 5.32 Å². The molecule has 104 valence electrons. The van der Waals surface area contributed by atoms with Gasteiger partial charge in [0.05, 0.1) is 11.7 Å². The molecule has 0 aromatic heterocycles. The molecule has 0 heterocycles. The van der Waals surface area contributed by atoms with Crippen LogP contribution in [-0.2, 0) is 0 Å². The van der Waals surface area contributed by atoms with Gasteiger partial charge in [0.25, 0.3) is 0 Å². The van der Waals surface area contributed by atoms with E-state index in [1.165, 1.54) is 0 Å². The van der Waals surface area contributed by atoms with Crippen LogP contribution in [0.1, 0.15) is 27.7 Å². The minimum atomic E-state index is -0.743. The summed E-state index contributed by atoms with van der Waals surface area (Å²) in [5, 5.41) is 10.8. The van der Waals surface area contributed by atoms with Crippen LogP contribution in [-0.4, -0.2) is 17.7 Å². The van der Waals surface area contributed by atoms with Crippen LogP contribution in [0.2, 0.25) is 0 Å². The molecule has 1 aromatic carbocycles. The Labute approximate surface area is 113 Å². The summed E-state index contributed by atoms with van der Waals surface area (Å²) in [5.41, 5.74) is 5.40. The normalized spacial score (nSPS) is 11.6. The van der Waals surface area contributed by atoms with Gasteiger partial charge in [-0.25, -0.2) is 4.79 Å². The smallest absolute Gasteiger partial charge is 0.311 e. The lowest BCUT2D eigenvalue weighted by molar-refractivity contribution is 0.231. The topological polar surface area (TPSA) is 77.9 Å². The number of hydrogen-bond donors (Lipinski definition) is 3. The summed E-state index contributed by atoms with van der Waals surface area (Å²) in [6.07, 6.45) is 0. The van der Waals surface area contributed by atoms with E-state index in [-0.39, 0.29) is 12.1 Å². The molecular weight excluding hydrogens is 242 g/mol. The SMILES string of the molecule is CC(C)N=NC(C)(C)NC(=O)NNc1ccccc1. The van der Waals surface area contributed by atoms with E-state index in [4.69, 9.17) is 0 Å². The molecule has 0 spiro atoms. The Morgan fingerprint density at radius 1 is 1.21 bits per heavy atom. The maximum Gasteiger partial charge on any atom is 0.335 e. The predicted molar refractivity (Wildman–Crippen MR) is 75.8 cm³/mol. The number of nitrogens with one attached hydrogen (secondary N) is 3. The number of anilines is 1. The molecule has 1 aromatic rings. The van der Waals surface area contributed by atoms with Gasteiger partial charge in [-0.1, -0.05) is 18.2 Å². The van der Waals surface area contributed by atoms with Gasteiger partial charge >= 0.3 is 6.03 Å². The summed E-state index contributed by atoms with van der Waals surface area (Å²) in [7, 11) is 0. The first kappa shape index (κ1) is 14.9. The van der Waals surface area contributed by atoms with Crippen molar-refractivity contribution >= 4 is 11.7 Å². The third kappa shape index (κ3) is 6.40. The molecule has 3 N–H and O–H groups in total. The number of urea groups is 1. The number of benzene rings is 1. The van der Waals surface area contributed by atoms with Gasteiger partial charge in [-0.15, -0.1) is 0 Å². The molecule has 0 atom stereocenters. The second kappa shape index (κ2) is 6.72. The first-order valence-corrected chi connectivity index (χ1v) is 6.20. The molecule has 0 fully saturated rings. The summed E-state index contributed by atoms with van der Waals surface area (Å²) < 4.78 is 0. The number of azo groups is 1. The van der Waals surface area contributed by atoms with E-state index in [9.17, 15) is 4.79 Å². The lowest BCUT2D eigenvalue weighted by Crippen LogP contribution is -2.48. The summed E-state index contributed by atoms with van der Waals surface area (Å²) in [5.74, 6) is 0. The Morgan fingerprint density at radius 3 is 2.42 bits per heavy atom. The van der Waals surface area contributed by atoms with Crippen LogP contribution in [0.25, 0.3) is 0 Å². The molecular formula is C13H21N5O. The Bertz CT molecular complexity index is 428. The van der Waals surface area contributed by atoms with Crippen molar-refractivity contribution in [3.63, 3.8) is 0 Å². The average Bonchev–Trinajstić information content (AvgIpc) is 2.35. The van der Waals surface area contributed by atoms with Gasteiger partial charge in [0.1, 0.15) is 5.66 Å². The molecule has 0 bridgehead atoms. The van der Waals surface area contributed by atoms with Crippen molar-refractivity contribution in [3.05, 3.63) is 30.3 Å². The van der Waals surface area contributed by atoms with E-state index in [0.29, 0.717) is 0 Å². The molecule has 0 radical (unpaired) electrons. The molecule has 0 unspecified atom stereocenters. The molecule has 6 nitrogen and oxygen atoms in total. The lowest BCUT2D eigenvalue weighted by atomic mass is 10.3. The standard InChI is InChI=1S/C13H21N5O/c1-10(2)15-18-13(3,4)14-12(19)17-16-11-8-6-5-7-9-11/h5-10,16H,1-4H3,(H2,14,17,19). The number of hydrazine groups is 1. The zero-order chi connectivity index (χ0) is 14.3. The van der Waals surface area contributed by atoms with E-state index in [0.717, 1.165) is 5.69 Å². The maximum atomic E-state index is 11.7. The number of carbonyl (C=O) groups is 1. The summed E-state index contributed by atoms with van der Waals surface area (Å²) in [6, 6.07) is 9.10. The fraction of sp³-hybridized carbons (Fsp3) is 0.462. The van der Waals surface area contributed by atoms with E-state index < -0.39 is 5.66 Å². The van der Waals surface area contributed by atoms with Crippen LogP contribution in [0, 0.1) is 0 Å². The highest BCUT2D eigenvalue weighted by molar-refractivity contribution is 5.76. The van der Waals surface area contributed by atoms with Gasteiger partial charge in [0.2, 0.25) is 0 Å². The highest BCUT2D eigenvalue weighted by Gasteiger charge is 2.19. The first-order valence-electron chi connectivity index (χ1n) is 6.20. The Morgan fingerprint density at radius 2 is 1.84 bits per heavy atom. The fourth-order valence-electron chi connectivity index (χ4n) is 1.24. The zero-order valence-corrected chi connectivity index (χ0v) is 11.8. The highest BCUT2D eigenvalue weighted by atomic mass is 16.2. The van der Waals surface area contributed by atoms with Crippen LogP contribution in [0.3, 0.4) is 0 Å². The van der Waals surface area contributed by atoms with E-state index in [1.807, 2.05) is 44.2 Å². The van der Waals surface area contributed by atoms with E-state index in [2.05, 4.69) is 26.4 Å². The van der Waals surface area contributed by atoms with Crippen molar-refractivity contribution in [2.45, 2.75) is 39.4 Å². The van der Waals surface area contributed by atoms with Crippen LogP contribution >= 0.6 is 0 Å². The first-order chi connectivity index (χ1) is 8.89. The molecule has 0 aliphatic rings. The number of amides is 2. The van der Waals surface area contributed by atoms with Gasteiger partial charge in [0, 0.05) is 0 Å². The van der Waals surface area contributed by atoms with E-state index in [1.54, 1.807) is 13.8 Å². The van der Waals surface area contributed by atoms with Crippen LogP contribution in [0.4, 0.5) is 10.5 Å². The van der Waals surface area contributed by atoms with Gasteiger partial charge in [0.15, 0.2) is 0 Å². The summed E-state index contributed by atoms with van der Waals surface area (Å²) in [4.78, 5) is 11.7. The van der Waals surface area contributed by atoms with Crippen LogP contribution in [0.5, 0.6) is 0 Å². The number of rotatable bonds is 5.